The van der Waals surface area contributed by atoms with Gasteiger partial charge in [-0.1, -0.05) is 24.3 Å². The number of methoxy groups -OCH3 is 1. The molecule has 34 heavy (non-hydrogen) atoms. The van der Waals surface area contributed by atoms with Gasteiger partial charge in [0.05, 0.1) is 29.3 Å². The Morgan fingerprint density at radius 1 is 1.06 bits per heavy atom. The average molecular weight is 463 g/mol. The Morgan fingerprint density at radius 3 is 2.47 bits per heavy atom. The first-order valence-electron chi connectivity index (χ1n) is 9.85. The van der Waals surface area contributed by atoms with Gasteiger partial charge in [0.1, 0.15) is 5.82 Å². The van der Waals surface area contributed by atoms with Crippen LogP contribution < -0.4 is 16.4 Å². The number of carboxylic acid groups (broad SMARTS) is 1. The molecule has 11 heteroatoms. The van der Waals surface area contributed by atoms with E-state index in [4.69, 9.17) is 5.73 Å². The summed E-state index contributed by atoms with van der Waals surface area (Å²) >= 11 is 0. The first-order valence-corrected chi connectivity index (χ1v) is 9.85. The smallest absolute Gasteiger partial charge is 0.432 e. The van der Waals surface area contributed by atoms with Crippen molar-refractivity contribution in [1.29, 1.82) is 0 Å². The minimum Gasteiger partial charge on any atom is -0.465 e. The van der Waals surface area contributed by atoms with E-state index in [-0.39, 0.29) is 17.1 Å². The van der Waals surface area contributed by atoms with Gasteiger partial charge in [-0.15, -0.1) is 5.10 Å². The van der Waals surface area contributed by atoms with Crippen LogP contribution >= 0.6 is 0 Å². The Morgan fingerprint density at radius 2 is 1.79 bits per heavy atom. The number of hydrogen-bond acceptors (Lipinski definition) is 6. The number of fused-ring (bicyclic) bond motifs is 1. The predicted octanol–water partition coefficient (Wildman–Crippen LogP) is 4.38. The second kappa shape index (κ2) is 8.90. The van der Waals surface area contributed by atoms with Gasteiger partial charge in [0.25, 0.3) is 0 Å². The number of esters is 1. The van der Waals surface area contributed by atoms with Crippen LogP contribution in [0.2, 0.25) is 0 Å². The second-order valence-electron chi connectivity index (χ2n) is 7.12. The van der Waals surface area contributed by atoms with Crippen molar-refractivity contribution in [2.45, 2.75) is 0 Å². The first kappa shape index (κ1) is 22.3. The third-order valence-electron chi connectivity index (χ3n) is 5.01. The maximum Gasteiger partial charge on any atom is 0.432 e. The van der Waals surface area contributed by atoms with E-state index in [2.05, 4.69) is 20.5 Å². The quantitative estimate of drug-likeness (QED) is 0.328. The van der Waals surface area contributed by atoms with E-state index in [1.54, 1.807) is 42.5 Å². The van der Waals surface area contributed by atoms with Gasteiger partial charge in [-0.25, -0.2) is 18.8 Å². The lowest BCUT2D eigenvalue weighted by molar-refractivity contribution is 0.0600. The summed E-state index contributed by atoms with van der Waals surface area (Å²) in [7, 11) is 1.20. The third kappa shape index (κ3) is 4.21. The highest BCUT2D eigenvalue weighted by Gasteiger charge is 2.17. The number of carbonyl (C=O) groups excluding carboxylic acids is 2. The molecule has 0 aliphatic heterocycles. The fourth-order valence-corrected chi connectivity index (χ4v) is 3.47. The molecule has 0 saturated carbocycles. The molecule has 172 valence electrons. The highest BCUT2D eigenvalue weighted by Crippen LogP contribution is 2.33. The number of anilines is 3. The Kier molecular flexibility index (Phi) is 5.83. The monoisotopic (exact) mass is 463 g/mol. The molecule has 0 saturated heterocycles. The Hall–Kier alpha value is -4.93. The molecule has 0 aliphatic rings. The lowest BCUT2D eigenvalue weighted by atomic mass is 10.0. The van der Waals surface area contributed by atoms with Crippen molar-refractivity contribution in [2.24, 2.45) is 0 Å². The molecule has 5 N–H and O–H groups in total. The Bertz CT molecular complexity index is 1430. The summed E-state index contributed by atoms with van der Waals surface area (Å²) in [6.45, 7) is 0. The first-order chi connectivity index (χ1) is 16.3. The standard InChI is InChI=1S/C23H18FN5O5/c1-34-21(30)13-7-10-16(24)17(11-13)27-22(31)26-14-8-5-12(6-9-14)15-3-2-4-18-19(15)20(25)28-29(18)23(32)33/h2-11H,1H3,(H2,25,28)(H,32,33)(H2,26,27,31). The number of ether oxygens (including phenoxy) is 1. The molecular weight excluding hydrogens is 445 g/mol. The molecule has 0 aliphatic carbocycles. The molecule has 3 aromatic carbocycles. The largest absolute Gasteiger partial charge is 0.465 e. The highest BCUT2D eigenvalue weighted by molar-refractivity contribution is 6.05. The topological polar surface area (TPSA) is 149 Å². The molecule has 4 rings (SSSR count). The maximum atomic E-state index is 14.0. The minimum atomic E-state index is -1.25. The second-order valence-corrected chi connectivity index (χ2v) is 7.12. The number of nitrogen functional groups attached to an aromatic ring is 1. The SMILES string of the molecule is COC(=O)c1ccc(F)c(NC(=O)Nc2ccc(-c3cccc4c3c(N)nn4C(=O)O)cc2)c1. The number of carbonyl (C=O) groups is 3. The molecule has 0 fully saturated rings. The van der Waals surface area contributed by atoms with Crippen LogP contribution in [0.25, 0.3) is 22.0 Å². The van der Waals surface area contributed by atoms with Gasteiger partial charge in [0, 0.05) is 5.69 Å². The number of halogens is 1. The van der Waals surface area contributed by atoms with E-state index in [0.29, 0.717) is 27.7 Å². The van der Waals surface area contributed by atoms with E-state index >= 15 is 0 Å². The zero-order valence-corrected chi connectivity index (χ0v) is 17.7. The number of nitrogens with zero attached hydrogens (tertiary/aromatic N) is 2. The summed E-state index contributed by atoms with van der Waals surface area (Å²) in [5.74, 6) is -1.31. The van der Waals surface area contributed by atoms with E-state index < -0.39 is 23.9 Å². The van der Waals surface area contributed by atoms with E-state index in [9.17, 15) is 23.9 Å². The summed E-state index contributed by atoms with van der Waals surface area (Å²) in [6.07, 6.45) is -1.25. The number of nitrogens with one attached hydrogen (secondary N) is 2. The van der Waals surface area contributed by atoms with Gasteiger partial charge in [-0.2, -0.15) is 4.68 Å². The van der Waals surface area contributed by atoms with Crippen molar-refractivity contribution in [2.75, 3.05) is 23.5 Å². The molecular formula is C23H18FN5O5. The molecule has 0 bridgehead atoms. The molecule has 0 radical (unpaired) electrons. The molecule has 0 spiro atoms. The molecule has 0 atom stereocenters. The Labute approximate surface area is 191 Å². The average Bonchev–Trinajstić information content (AvgIpc) is 3.17. The predicted molar refractivity (Wildman–Crippen MR) is 123 cm³/mol. The molecule has 1 heterocycles. The summed E-state index contributed by atoms with van der Waals surface area (Å²) in [6, 6.07) is 14.5. The van der Waals surface area contributed by atoms with Crippen molar-refractivity contribution in [3.8, 4) is 11.1 Å². The number of hydrogen-bond donors (Lipinski definition) is 4. The summed E-state index contributed by atoms with van der Waals surface area (Å²) in [5, 5.41) is 18.6. The number of amides is 2. The number of nitrogens with two attached hydrogens (primary N) is 1. The summed E-state index contributed by atoms with van der Waals surface area (Å²) in [4.78, 5) is 35.4. The summed E-state index contributed by atoms with van der Waals surface area (Å²) in [5.41, 5.74) is 7.99. The molecule has 4 aromatic rings. The maximum absolute atomic E-state index is 14.0. The van der Waals surface area contributed by atoms with E-state index in [1.165, 1.54) is 19.2 Å². The lowest BCUT2D eigenvalue weighted by Gasteiger charge is -2.11. The van der Waals surface area contributed by atoms with Crippen molar-refractivity contribution < 1.29 is 28.6 Å². The van der Waals surface area contributed by atoms with Gasteiger partial charge in [-0.05, 0) is 47.5 Å². The van der Waals surface area contributed by atoms with Crippen LogP contribution in [0.4, 0.5) is 31.2 Å². The fourth-order valence-electron chi connectivity index (χ4n) is 3.47. The fraction of sp³-hybridized carbons (Fsp3) is 0.0435. The number of aromatic nitrogens is 2. The van der Waals surface area contributed by atoms with Gasteiger partial charge in [-0.3, -0.25) is 0 Å². The lowest BCUT2D eigenvalue weighted by Crippen LogP contribution is -2.20. The van der Waals surface area contributed by atoms with Crippen LogP contribution in [0.3, 0.4) is 0 Å². The van der Waals surface area contributed by atoms with Crippen LogP contribution in [0.15, 0.2) is 60.7 Å². The van der Waals surface area contributed by atoms with Crippen molar-refractivity contribution in [3.05, 3.63) is 72.0 Å². The highest BCUT2D eigenvalue weighted by atomic mass is 19.1. The molecule has 2 amide bonds. The molecule has 10 nitrogen and oxygen atoms in total. The number of benzene rings is 3. The van der Waals surface area contributed by atoms with Crippen LogP contribution in [-0.2, 0) is 4.74 Å². The normalized spacial score (nSPS) is 10.6. The van der Waals surface area contributed by atoms with Crippen LogP contribution in [0.5, 0.6) is 0 Å². The Balaban J connectivity index is 1.54. The molecule has 1 aromatic heterocycles. The number of rotatable bonds is 4. The van der Waals surface area contributed by atoms with Gasteiger partial charge in [0.2, 0.25) is 0 Å². The van der Waals surface area contributed by atoms with E-state index in [0.717, 1.165) is 10.7 Å². The zero-order valence-electron chi connectivity index (χ0n) is 17.7. The minimum absolute atomic E-state index is 0.0748. The van der Waals surface area contributed by atoms with E-state index in [1.807, 2.05) is 0 Å². The van der Waals surface area contributed by atoms with Gasteiger partial charge in [0.15, 0.2) is 5.82 Å². The molecule has 0 unspecified atom stereocenters. The van der Waals surface area contributed by atoms with Crippen LogP contribution in [0, 0.1) is 5.82 Å². The van der Waals surface area contributed by atoms with Crippen molar-refractivity contribution >= 4 is 46.2 Å². The van der Waals surface area contributed by atoms with Crippen molar-refractivity contribution in [1.82, 2.24) is 9.78 Å². The third-order valence-corrected chi connectivity index (χ3v) is 5.01. The van der Waals surface area contributed by atoms with Gasteiger partial charge >= 0.3 is 18.1 Å². The van der Waals surface area contributed by atoms with Gasteiger partial charge < -0.3 is 26.2 Å². The zero-order chi connectivity index (χ0) is 24.4. The van der Waals surface area contributed by atoms with Crippen LogP contribution in [-0.4, -0.2) is 40.1 Å². The van der Waals surface area contributed by atoms with Crippen LogP contribution in [0.1, 0.15) is 10.4 Å². The van der Waals surface area contributed by atoms with Crippen molar-refractivity contribution in [3.63, 3.8) is 0 Å². The number of urea groups is 1. The summed E-state index contributed by atoms with van der Waals surface area (Å²) < 4.78 is 19.4.